The number of phenolic OH excluding ortho intramolecular Hbond substituents is 1. The Hall–Kier alpha value is -3.25. The summed E-state index contributed by atoms with van der Waals surface area (Å²) < 4.78 is 16.0. The number of aromatic hydroxyl groups is 1. The molecule has 28 heavy (non-hydrogen) atoms. The van der Waals surface area contributed by atoms with Crippen LogP contribution < -0.4 is 4.80 Å². The van der Waals surface area contributed by atoms with Crippen molar-refractivity contribution in [1.82, 2.24) is 4.68 Å². The minimum absolute atomic E-state index is 0.139. The van der Waals surface area contributed by atoms with Crippen LogP contribution in [0.3, 0.4) is 0 Å². The predicted molar refractivity (Wildman–Crippen MR) is 112 cm³/mol. The lowest BCUT2D eigenvalue weighted by atomic mass is 10.0. The lowest BCUT2D eigenvalue weighted by Gasteiger charge is -2.07. The molecule has 0 spiro atoms. The van der Waals surface area contributed by atoms with E-state index in [9.17, 15) is 9.50 Å². The summed E-state index contributed by atoms with van der Waals surface area (Å²) in [7, 11) is 0. The van der Waals surface area contributed by atoms with E-state index in [1.807, 2.05) is 42.6 Å². The van der Waals surface area contributed by atoms with Crippen LogP contribution in [0.4, 0.5) is 4.39 Å². The van der Waals surface area contributed by atoms with E-state index in [0.29, 0.717) is 28.2 Å². The van der Waals surface area contributed by atoms with Crippen molar-refractivity contribution in [3.8, 4) is 17.0 Å². The number of phenols is 1. The molecule has 4 rings (SSSR count). The van der Waals surface area contributed by atoms with Gasteiger partial charge in [0.05, 0.1) is 11.9 Å². The topological polar surface area (TPSA) is 49.9 Å². The van der Waals surface area contributed by atoms with Gasteiger partial charge in [0.25, 0.3) is 0 Å². The molecule has 0 aliphatic carbocycles. The molecule has 4 nitrogen and oxygen atoms in total. The molecule has 0 fully saturated rings. The molecular formula is C22H18FN3OS. The van der Waals surface area contributed by atoms with Crippen LogP contribution in [0.1, 0.15) is 12.5 Å². The molecule has 3 aromatic carbocycles. The third kappa shape index (κ3) is 3.34. The van der Waals surface area contributed by atoms with Crippen LogP contribution in [0.2, 0.25) is 0 Å². The smallest absolute Gasteiger partial charge is 0.206 e. The third-order valence-corrected chi connectivity index (χ3v) is 5.23. The molecule has 1 aromatic heterocycles. The average Bonchev–Trinajstić information content (AvgIpc) is 3.10. The normalized spacial score (nSPS) is 12.3. The van der Waals surface area contributed by atoms with Crippen molar-refractivity contribution in [3.63, 3.8) is 0 Å². The highest BCUT2D eigenvalue weighted by molar-refractivity contribution is 7.07. The molecule has 0 saturated carbocycles. The second-order valence-electron chi connectivity index (χ2n) is 6.13. The minimum atomic E-state index is -0.319. The van der Waals surface area contributed by atoms with Crippen molar-refractivity contribution in [2.45, 2.75) is 6.92 Å². The van der Waals surface area contributed by atoms with Gasteiger partial charge in [0.2, 0.25) is 4.80 Å². The fourth-order valence-electron chi connectivity index (χ4n) is 3.04. The number of halogens is 1. The van der Waals surface area contributed by atoms with Crippen molar-refractivity contribution in [3.05, 3.63) is 82.2 Å². The van der Waals surface area contributed by atoms with E-state index < -0.39 is 0 Å². The maximum atomic E-state index is 14.4. The van der Waals surface area contributed by atoms with Crippen LogP contribution in [-0.2, 0) is 0 Å². The van der Waals surface area contributed by atoms with E-state index in [0.717, 1.165) is 10.8 Å². The number of fused-ring (bicyclic) bond motifs is 1. The van der Waals surface area contributed by atoms with E-state index >= 15 is 0 Å². The molecule has 0 amide bonds. The first-order valence-corrected chi connectivity index (χ1v) is 9.78. The molecule has 1 N–H and O–H groups in total. The second kappa shape index (κ2) is 7.78. The van der Waals surface area contributed by atoms with Gasteiger partial charge in [-0.3, -0.25) is 4.99 Å². The van der Waals surface area contributed by atoms with E-state index in [4.69, 9.17) is 0 Å². The fraction of sp³-hybridized carbons (Fsp3) is 0.0909. The van der Waals surface area contributed by atoms with E-state index in [1.165, 1.54) is 17.4 Å². The number of benzene rings is 3. The van der Waals surface area contributed by atoms with Crippen LogP contribution in [0.25, 0.3) is 22.0 Å². The number of hydrogen-bond donors (Lipinski definition) is 1. The lowest BCUT2D eigenvalue weighted by Crippen LogP contribution is -2.12. The van der Waals surface area contributed by atoms with Crippen molar-refractivity contribution in [1.29, 1.82) is 0 Å². The summed E-state index contributed by atoms with van der Waals surface area (Å²) >= 11 is 1.40. The summed E-state index contributed by atoms with van der Waals surface area (Å²) in [6.07, 6.45) is 1.60. The average molecular weight is 391 g/mol. The standard InChI is InChI=1S/C22H18FN3OS/c1-2-24-22-26(20(14-28-22)17-9-5-6-10-19(17)23)25-13-18-16-8-4-3-7-15(16)11-12-21(18)27/h3-14,27H,2H2,1H3. The summed E-state index contributed by atoms with van der Waals surface area (Å²) in [6, 6.07) is 17.9. The monoisotopic (exact) mass is 391 g/mol. The van der Waals surface area contributed by atoms with Gasteiger partial charge in [0, 0.05) is 23.1 Å². The van der Waals surface area contributed by atoms with Gasteiger partial charge >= 0.3 is 0 Å². The number of aromatic nitrogens is 1. The van der Waals surface area contributed by atoms with Crippen LogP contribution in [0.15, 0.2) is 76.1 Å². The Morgan fingerprint density at radius 2 is 1.86 bits per heavy atom. The fourth-order valence-corrected chi connectivity index (χ4v) is 3.94. The highest BCUT2D eigenvalue weighted by Crippen LogP contribution is 2.26. The van der Waals surface area contributed by atoms with Crippen LogP contribution >= 0.6 is 11.3 Å². The molecule has 0 radical (unpaired) electrons. The Kier molecular flexibility index (Phi) is 5.04. The molecule has 0 aliphatic rings. The molecule has 0 aliphatic heterocycles. The van der Waals surface area contributed by atoms with Gasteiger partial charge in [-0.25, -0.2) is 9.07 Å². The Balaban J connectivity index is 1.89. The Bertz CT molecular complexity index is 1240. The highest BCUT2D eigenvalue weighted by atomic mass is 32.1. The van der Waals surface area contributed by atoms with Crippen LogP contribution in [0.5, 0.6) is 5.75 Å². The minimum Gasteiger partial charge on any atom is -0.507 e. The Morgan fingerprint density at radius 3 is 2.68 bits per heavy atom. The molecule has 4 aromatic rings. The largest absolute Gasteiger partial charge is 0.507 e. The number of thiazole rings is 1. The molecule has 0 atom stereocenters. The molecule has 0 saturated heterocycles. The first-order chi connectivity index (χ1) is 13.7. The summed E-state index contributed by atoms with van der Waals surface area (Å²) in [5.74, 6) is -0.181. The van der Waals surface area contributed by atoms with Gasteiger partial charge in [-0.05, 0) is 35.9 Å². The number of hydrogen-bond acceptors (Lipinski definition) is 4. The first-order valence-electron chi connectivity index (χ1n) is 8.90. The zero-order valence-electron chi connectivity index (χ0n) is 15.2. The second-order valence-corrected chi connectivity index (χ2v) is 6.97. The van der Waals surface area contributed by atoms with Gasteiger partial charge < -0.3 is 5.11 Å². The van der Waals surface area contributed by atoms with E-state index in [2.05, 4.69) is 10.1 Å². The predicted octanol–water partition coefficient (Wildman–Crippen LogP) is 5.02. The van der Waals surface area contributed by atoms with Crippen molar-refractivity contribution in [2.75, 3.05) is 6.54 Å². The van der Waals surface area contributed by atoms with Gasteiger partial charge in [0.15, 0.2) is 0 Å². The van der Waals surface area contributed by atoms with Crippen molar-refractivity contribution < 1.29 is 9.50 Å². The lowest BCUT2D eigenvalue weighted by molar-refractivity contribution is 0.475. The number of nitrogens with zero attached hydrogens (tertiary/aromatic N) is 3. The van der Waals surface area contributed by atoms with Crippen molar-refractivity contribution in [2.24, 2.45) is 10.1 Å². The van der Waals surface area contributed by atoms with Gasteiger partial charge in [0.1, 0.15) is 11.6 Å². The molecule has 0 bridgehead atoms. The quantitative estimate of drug-likeness (QED) is 0.488. The summed E-state index contributed by atoms with van der Waals surface area (Å²) in [5, 5.41) is 18.7. The molecule has 140 valence electrons. The SMILES string of the molecule is CCN=c1scc(-c2ccccc2F)n1N=Cc1c(O)ccc2ccccc12. The molecule has 6 heteroatoms. The van der Waals surface area contributed by atoms with Crippen LogP contribution in [0, 0.1) is 5.82 Å². The van der Waals surface area contributed by atoms with Crippen LogP contribution in [-0.4, -0.2) is 22.5 Å². The maximum Gasteiger partial charge on any atom is 0.206 e. The Labute approximate surface area is 165 Å². The molecule has 0 unspecified atom stereocenters. The Morgan fingerprint density at radius 1 is 1.07 bits per heavy atom. The van der Waals surface area contributed by atoms with Crippen molar-refractivity contribution >= 4 is 28.3 Å². The van der Waals surface area contributed by atoms with Gasteiger partial charge in [-0.1, -0.05) is 42.5 Å². The molecular weight excluding hydrogens is 373 g/mol. The van der Waals surface area contributed by atoms with E-state index in [-0.39, 0.29) is 11.6 Å². The zero-order chi connectivity index (χ0) is 19.5. The third-order valence-electron chi connectivity index (χ3n) is 4.38. The van der Waals surface area contributed by atoms with E-state index in [1.54, 1.807) is 35.2 Å². The molecule has 1 heterocycles. The van der Waals surface area contributed by atoms with Gasteiger partial charge in [-0.2, -0.15) is 5.10 Å². The first kappa shape index (κ1) is 18.1. The highest BCUT2D eigenvalue weighted by Gasteiger charge is 2.12. The van der Waals surface area contributed by atoms with Gasteiger partial charge in [-0.15, -0.1) is 11.3 Å². The number of rotatable bonds is 4. The maximum absolute atomic E-state index is 14.4. The zero-order valence-corrected chi connectivity index (χ0v) is 16.0. The summed E-state index contributed by atoms with van der Waals surface area (Å²) in [5.41, 5.74) is 1.68. The summed E-state index contributed by atoms with van der Waals surface area (Å²) in [4.78, 5) is 5.13. The summed E-state index contributed by atoms with van der Waals surface area (Å²) in [6.45, 7) is 2.53.